The minimum Gasteiger partial charge on any atom is -0.364 e. The largest absolute Gasteiger partial charge is 0.364 e. The van der Waals surface area contributed by atoms with Gasteiger partial charge in [-0.2, -0.15) is 5.26 Å². The first-order valence-electron chi connectivity index (χ1n) is 5.96. The lowest BCUT2D eigenvalue weighted by atomic mass is 9.92. The second kappa shape index (κ2) is 6.00. The van der Waals surface area contributed by atoms with Gasteiger partial charge in [0.05, 0.1) is 11.1 Å². The number of benzene rings is 2. The normalized spacial score (nSPS) is 13.3. The molecule has 0 heterocycles. The first kappa shape index (κ1) is 15.7. The Morgan fingerprint density at radius 1 is 1.24 bits per heavy atom. The Labute approximate surface area is 134 Å². The first-order valence-corrected chi connectivity index (χ1v) is 7.13. The number of nitrogens with zero attached hydrogens (tertiary/aromatic N) is 1. The Morgan fingerprint density at radius 3 is 2.57 bits per heavy atom. The van der Waals surface area contributed by atoms with E-state index in [0.29, 0.717) is 15.2 Å². The van der Waals surface area contributed by atoms with Crippen molar-refractivity contribution in [2.24, 2.45) is 0 Å². The summed E-state index contributed by atoms with van der Waals surface area (Å²) in [4.78, 5) is 0. The van der Waals surface area contributed by atoms with E-state index in [1.807, 2.05) is 6.07 Å². The molecule has 108 valence electrons. The fourth-order valence-corrected chi connectivity index (χ4v) is 2.40. The maximum Gasteiger partial charge on any atom is 0.151 e. The van der Waals surface area contributed by atoms with Gasteiger partial charge in [0, 0.05) is 15.7 Å². The molecule has 0 aromatic heterocycles. The van der Waals surface area contributed by atoms with Gasteiger partial charge in [-0.25, -0.2) is 8.78 Å². The number of rotatable bonds is 3. The Hall–Kier alpha value is -1.64. The zero-order valence-corrected chi connectivity index (χ0v) is 13.3. The molecule has 0 amide bonds. The van der Waals surface area contributed by atoms with Crippen molar-refractivity contribution in [2.75, 3.05) is 5.32 Å². The van der Waals surface area contributed by atoms with Crippen LogP contribution in [0.2, 0.25) is 5.02 Å². The minimum atomic E-state index is -1.42. The van der Waals surface area contributed by atoms with Gasteiger partial charge in [0.2, 0.25) is 0 Å². The SMILES string of the molecule is CC(C#N)(Nc1ccc(Cl)c(Br)c1)c1cc(F)ccc1F. The molecule has 0 aliphatic heterocycles. The van der Waals surface area contributed by atoms with Crippen LogP contribution in [0.4, 0.5) is 14.5 Å². The summed E-state index contributed by atoms with van der Waals surface area (Å²) in [6, 6.07) is 9.95. The minimum absolute atomic E-state index is 0.0592. The predicted molar refractivity (Wildman–Crippen MR) is 82.1 cm³/mol. The van der Waals surface area contributed by atoms with Crippen LogP contribution in [0.1, 0.15) is 12.5 Å². The zero-order chi connectivity index (χ0) is 15.6. The van der Waals surface area contributed by atoms with Crippen LogP contribution in [0.15, 0.2) is 40.9 Å². The molecule has 0 spiro atoms. The van der Waals surface area contributed by atoms with Gasteiger partial charge in [-0.3, -0.25) is 0 Å². The molecule has 1 N–H and O–H groups in total. The van der Waals surface area contributed by atoms with E-state index in [1.165, 1.54) is 6.92 Å². The van der Waals surface area contributed by atoms with Gasteiger partial charge >= 0.3 is 0 Å². The van der Waals surface area contributed by atoms with Crippen molar-refractivity contribution in [1.82, 2.24) is 0 Å². The van der Waals surface area contributed by atoms with E-state index < -0.39 is 17.2 Å². The molecule has 21 heavy (non-hydrogen) atoms. The summed E-state index contributed by atoms with van der Waals surface area (Å²) >= 11 is 9.17. The number of nitrogens with one attached hydrogen (secondary N) is 1. The number of hydrogen-bond acceptors (Lipinski definition) is 2. The zero-order valence-electron chi connectivity index (χ0n) is 10.9. The molecule has 1 atom stereocenters. The number of nitriles is 1. The fraction of sp³-hybridized carbons (Fsp3) is 0.133. The summed E-state index contributed by atoms with van der Waals surface area (Å²) in [7, 11) is 0. The Morgan fingerprint density at radius 2 is 1.95 bits per heavy atom. The van der Waals surface area contributed by atoms with Gasteiger partial charge in [0.15, 0.2) is 5.54 Å². The Bertz CT molecular complexity index is 730. The maximum absolute atomic E-state index is 13.9. The molecule has 2 aromatic rings. The molecular weight excluding hydrogens is 362 g/mol. The van der Waals surface area contributed by atoms with E-state index in [4.69, 9.17) is 11.6 Å². The van der Waals surface area contributed by atoms with Crippen LogP contribution < -0.4 is 5.32 Å². The summed E-state index contributed by atoms with van der Waals surface area (Å²) < 4.78 is 27.9. The van der Waals surface area contributed by atoms with Gasteiger partial charge < -0.3 is 5.32 Å². The maximum atomic E-state index is 13.9. The molecule has 1 unspecified atom stereocenters. The van der Waals surface area contributed by atoms with Crippen LogP contribution in [0.3, 0.4) is 0 Å². The van der Waals surface area contributed by atoms with Crippen LogP contribution >= 0.6 is 27.5 Å². The van der Waals surface area contributed by atoms with Gasteiger partial charge in [-0.05, 0) is 59.3 Å². The van der Waals surface area contributed by atoms with E-state index >= 15 is 0 Å². The van der Waals surface area contributed by atoms with Crippen molar-refractivity contribution < 1.29 is 8.78 Å². The highest BCUT2D eigenvalue weighted by atomic mass is 79.9. The van der Waals surface area contributed by atoms with Crippen molar-refractivity contribution in [3.63, 3.8) is 0 Å². The Balaban J connectivity index is 2.44. The molecular formula is C15H10BrClF2N2. The van der Waals surface area contributed by atoms with E-state index in [9.17, 15) is 14.0 Å². The lowest BCUT2D eigenvalue weighted by molar-refractivity contribution is 0.553. The van der Waals surface area contributed by atoms with E-state index in [-0.39, 0.29) is 5.56 Å². The third-order valence-corrected chi connectivity index (χ3v) is 4.22. The number of hydrogen-bond donors (Lipinski definition) is 1. The summed E-state index contributed by atoms with van der Waals surface area (Å²) in [5, 5.41) is 12.8. The van der Waals surface area contributed by atoms with Crippen LogP contribution in [-0.4, -0.2) is 0 Å². The molecule has 0 fully saturated rings. The van der Waals surface area contributed by atoms with Gasteiger partial charge in [-0.1, -0.05) is 11.6 Å². The van der Waals surface area contributed by atoms with Gasteiger partial charge in [-0.15, -0.1) is 0 Å². The summed E-state index contributed by atoms with van der Waals surface area (Å²) in [6.07, 6.45) is 0. The van der Waals surface area contributed by atoms with Crippen molar-refractivity contribution in [1.29, 1.82) is 5.26 Å². The van der Waals surface area contributed by atoms with Gasteiger partial charge in [0.1, 0.15) is 11.6 Å². The lowest BCUT2D eigenvalue weighted by Gasteiger charge is -2.25. The molecule has 2 rings (SSSR count). The van der Waals surface area contributed by atoms with Crippen LogP contribution in [0.25, 0.3) is 0 Å². The van der Waals surface area contributed by atoms with Crippen molar-refractivity contribution >= 4 is 33.2 Å². The highest BCUT2D eigenvalue weighted by molar-refractivity contribution is 9.10. The standard InChI is InChI=1S/C15H10BrClF2N2/c1-15(8-20,11-6-9(18)2-5-14(11)19)21-10-3-4-13(17)12(16)7-10/h2-7,21H,1H3. The molecule has 2 aromatic carbocycles. The van der Waals surface area contributed by atoms with E-state index in [2.05, 4.69) is 21.2 Å². The molecule has 0 bridgehead atoms. The highest BCUT2D eigenvalue weighted by Crippen LogP contribution is 2.31. The molecule has 6 heteroatoms. The third kappa shape index (κ3) is 3.34. The Kier molecular flexibility index (Phi) is 4.50. The van der Waals surface area contributed by atoms with E-state index in [1.54, 1.807) is 18.2 Å². The number of anilines is 1. The molecule has 0 saturated carbocycles. The van der Waals surface area contributed by atoms with Crippen molar-refractivity contribution in [3.8, 4) is 6.07 Å². The first-order chi connectivity index (χ1) is 9.85. The summed E-state index contributed by atoms with van der Waals surface area (Å²) in [5.74, 6) is -1.26. The van der Waals surface area contributed by atoms with E-state index in [0.717, 1.165) is 18.2 Å². The summed E-state index contributed by atoms with van der Waals surface area (Å²) in [5.41, 5.74) is -0.922. The summed E-state index contributed by atoms with van der Waals surface area (Å²) in [6.45, 7) is 1.48. The average molecular weight is 372 g/mol. The van der Waals surface area contributed by atoms with Gasteiger partial charge in [0.25, 0.3) is 0 Å². The highest BCUT2D eigenvalue weighted by Gasteiger charge is 2.30. The monoisotopic (exact) mass is 370 g/mol. The molecule has 0 saturated heterocycles. The fourth-order valence-electron chi connectivity index (χ4n) is 1.90. The second-order valence-corrected chi connectivity index (χ2v) is 5.88. The number of halogens is 4. The predicted octanol–water partition coefficient (Wildman–Crippen LogP) is 5.23. The quantitative estimate of drug-likeness (QED) is 0.802. The van der Waals surface area contributed by atoms with Crippen molar-refractivity contribution in [2.45, 2.75) is 12.5 Å². The molecule has 0 aliphatic rings. The molecule has 2 nitrogen and oxygen atoms in total. The second-order valence-electron chi connectivity index (χ2n) is 4.61. The molecule has 0 radical (unpaired) electrons. The lowest BCUT2D eigenvalue weighted by Crippen LogP contribution is -2.31. The third-order valence-electron chi connectivity index (χ3n) is 3.00. The topological polar surface area (TPSA) is 35.8 Å². The smallest absolute Gasteiger partial charge is 0.151 e. The van der Waals surface area contributed by atoms with Crippen LogP contribution in [0.5, 0.6) is 0 Å². The van der Waals surface area contributed by atoms with Crippen molar-refractivity contribution in [3.05, 3.63) is 63.1 Å². The molecule has 0 aliphatic carbocycles. The van der Waals surface area contributed by atoms with Crippen LogP contribution in [0, 0.1) is 23.0 Å². The van der Waals surface area contributed by atoms with Crippen LogP contribution in [-0.2, 0) is 5.54 Å². The average Bonchev–Trinajstić information content (AvgIpc) is 2.45.